The molecular formula is C79H147NO34. The van der Waals surface area contributed by atoms with Gasteiger partial charge in [0.25, 0.3) is 0 Å². The molecule has 33 unspecified atom stereocenters. The third kappa shape index (κ3) is 31.8. The number of unbranched alkanes of at least 4 members (excludes halogenated alkanes) is 29. The standard InChI is InChI=1S/C79H147NO34/c1-4-5-6-7-8-9-10-11-12-13-14-15-16-17-18-19-20-25-28-31-34-37-48(86)73(102)80-46(55(91)47(85)36-33-30-27-24-22-21-23-26-29-32-35-45(2)3)42-103-74-62(98)59(95)57(93)54(107-74)44-105-78-70(56(92)52(90)43-104-78)112-77-65(101)69(58(94)53(41-84)106-77)111-79-72(114-76-64(100)61(97)67(109-76)50(88)39-82)71(68(110-79)51(89)40-83)113-75-63(99)60(96)66(108-75)49(87)38-81/h45-72,74-79,81-101H,4-44H2,1-3H3,(H,80,102). The summed E-state index contributed by atoms with van der Waals surface area (Å²) < 4.78 is 70.7. The second kappa shape index (κ2) is 54.6. The van der Waals surface area contributed by atoms with Crippen molar-refractivity contribution < 1.29 is 169 Å². The van der Waals surface area contributed by atoms with Crippen molar-refractivity contribution in [3.8, 4) is 0 Å². The average molecular weight is 1660 g/mol. The van der Waals surface area contributed by atoms with Gasteiger partial charge in [-0.15, -0.1) is 0 Å². The maximum atomic E-state index is 13.7. The highest BCUT2D eigenvalue weighted by Gasteiger charge is 2.60. The van der Waals surface area contributed by atoms with Crippen LogP contribution in [-0.2, 0) is 61.6 Å². The molecule has 0 aromatic heterocycles. The van der Waals surface area contributed by atoms with Gasteiger partial charge in [-0.25, -0.2) is 0 Å². The van der Waals surface area contributed by atoms with Crippen LogP contribution in [0, 0.1) is 5.92 Å². The summed E-state index contributed by atoms with van der Waals surface area (Å²) >= 11 is 0. The first-order valence-electron chi connectivity index (χ1n) is 42.8. The van der Waals surface area contributed by atoms with Gasteiger partial charge < -0.3 is 169 Å². The lowest BCUT2D eigenvalue weighted by molar-refractivity contribution is -0.374. The molecule has 0 spiro atoms. The molecule has 6 saturated heterocycles. The van der Waals surface area contributed by atoms with Gasteiger partial charge in [0.2, 0.25) is 5.91 Å². The largest absolute Gasteiger partial charge is 0.394 e. The lowest BCUT2D eigenvalue weighted by Gasteiger charge is -2.46. The number of carbonyl (C=O) groups is 1. The molecule has 35 heteroatoms. The first-order chi connectivity index (χ1) is 54.7. The van der Waals surface area contributed by atoms with Crippen molar-refractivity contribution in [2.24, 2.45) is 5.92 Å². The van der Waals surface area contributed by atoms with E-state index in [-0.39, 0.29) is 12.8 Å². The monoisotopic (exact) mass is 1650 g/mol. The molecule has 33 atom stereocenters. The maximum absolute atomic E-state index is 13.7. The molecule has 6 heterocycles. The van der Waals surface area contributed by atoms with Crippen LogP contribution in [0.4, 0.5) is 0 Å². The fraction of sp³-hybridized carbons (Fsp3) is 0.987. The van der Waals surface area contributed by atoms with Crippen LogP contribution in [0.25, 0.3) is 0 Å². The molecule has 0 aliphatic carbocycles. The van der Waals surface area contributed by atoms with Crippen LogP contribution in [0.1, 0.15) is 239 Å². The van der Waals surface area contributed by atoms with E-state index in [1.54, 1.807) is 0 Å². The van der Waals surface area contributed by atoms with E-state index in [1.807, 2.05) is 0 Å². The highest BCUT2D eigenvalue weighted by molar-refractivity contribution is 5.80. The second-order valence-electron chi connectivity index (χ2n) is 32.7. The van der Waals surface area contributed by atoms with E-state index in [4.69, 9.17) is 56.8 Å². The Morgan fingerprint density at radius 3 is 1.25 bits per heavy atom. The van der Waals surface area contributed by atoms with Crippen LogP contribution in [-0.4, -0.2) is 362 Å². The van der Waals surface area contributed by atoms with Gasteiger partial charge in [0.05, 0.1) is 58.4 Å². The smallest absolute Gasteiger partial charge is 0.249 e. The first-order valence-corrected chi connectivity index (χ1v) is 42.8. The van der Waals surface area contributed by atoms with Crippen molar-refractivity contribution in [1.82, 2.24) is 5.32 Å². The quantitative estimate of drug-likeness (QED) is 0.0327. The topological polar surface area (TPSA) is 565 Å². The molecular weight excluding hydrogens is 1510 g/mol. The van der Waals surface area contributed by atoms with Crippen molar-refractivity contribution in [3.63, 3.8) is 0 Å². The minimum absolute atomic E-state index is 0.109. The third-order valence-corrected chi connectivity index (χ3v) is 22.9. The number of amides is 1. The third-order valence-electron chi connectivity index (χ3n) is 22.9. The summed E-state index contributed by atoms with van der Waals surface area (Å²) in [5.74, 6) is -0.157. The Morgan fingerprint density at radius 1 is 0.377 bits per heavy atom. The zero-order chi connectivity index (χ0) is 83.4. The van der Waals surface area contributed by atoms with Crippen molar-refractivity contribution in [1.29, 1.82) is 0 Å². The van der Waals surface area contributed by atoms with Crippen molar-refractivity contribution in [2.75, 3.05) is 46.2 Å². The molecule has 0 aromatic rings. The molecule has 6 rings (SSSR count). The van der Waals surface area contributed by atoms with E-state index in [0.717, 1.165) is 64.2 Å². The normalized spacial score (nSPS) is 35.4. The van der Waals surface area contributed by atoms with Crippen molar-refractivity contribution >= 4 is 5.91 Å². The molecule has 0 bridgehead atoms. The van der Waals surface area contributed by atoms with E-state index in [9.17, 15) is 112 Å². The predicted molar refractivity (Wildman–Crippen MR) is 404 cm³/mol. The van der Waals surface area contributed by atoms with E-state index >= 15 is 0 Å². The summed E-state index contributed by atoms with van der Waals surface area (Å²) in [4.78, 5) is 13.7. The SMILES string of the molecule is CCCCCCCCCCCCCCCCCCCCCCCC(O)C(=O)NC(COC1OC(COC2OCC(O)C(O)C2OC2OC(CO)C(O)C(OC3OC(C(O)CO)C(OC4OC(C(O)CO)C(O)C4O)C3OC3OC(C(O)CO)C(O)C3O)C2O)C(O)C(O)C1O)C(O)C(O)CCCCCCCCCCCCC(C)C. The molecule has 22 N–H and O–H groups in total. The molecule has 6 aliphatic rings. The summed E-state index contributed by atoms with van der Waals surface area (Å²) in [6.45, 7) is 0.431. The lowest BCUT2D eigenvalue weighted by Crippen LogP contribution is -2.64. The number of carbonyl (C=O) groups excluding carboxylic acids is 1. The number of hydrogen-bond donors (Lipinski definition) is 22. The van der Waals surface area contributed by atoms with Crippen LogP contribution >= 0.6 is 0 Å². The number of nitrogens with one attached hydrogen (secondary N) is 1. The number of aliphatic hydroxyl groups excluding tert-OH is 21. The number of rotatable bonds is 60. The molecule has 1 amide bonds. The fourth-order valence-corrected chi connectivity index (χ4v) is 15.6. The zero-order valence-electron chi connectivity index (χ0n) is 67.3. The summed E-state index contributed by atoms with van der Waals surface area (Å²) in [5, 5.41) is 233. The Labute approximate surface area is 671 Å². The van der Waals surface area contributed by atoms with Crippen LogP contribution in [0.15, 0.2) is 0 Å². The van der Waals surface area contributed by atoms with Gasteiger partial charge in [-0.3, -0.25) is 4.79 Å². The van der Waals surface area contributed by atoms with Crippen LogP contribution in [0.5, 0.6) is 0 Å². The summed E-state index contributed by atoms with van der Waals surface area (Å²) in [6.07, 6.45) is -24.1. The summed E-state index contributed by atoms with van der Waals surface area (Å²) in [5.41, 5.74) is 0. The van der Waals surface area contributed by atoms with Gasteiger partial charge in [-0.2, -0.15) is 0 Å². The van der Waals surface area contributed by atoms with Gasteiger partial charge >= 0.3 is 0 Å². The molecule has 0 radical (unpaired) electrons. The average Bonchev–Trinajstić information content (AvgIpc) is 1.57. The van der Waals surface area contributed by atoms with Crippen molar-refractivity contribution in [2.45, 2.75) is 442 Å². The molecule has 6 aliphatic heterocycles. The van der Waals surface area contributed by atoms with E-state index in [0.29, 0.717) is 18.8 Å². The minimum atomic E-state index is -2.30. The lowest BCUT2D eigenvalue weighted by atomic mass is 9.98. The highest BCUT2D eigenvalue weighted by atomic mass is 16.8. The van der Waals surface area contributed by atoms with Gasteiger partial charge in [0.15, 0.2) is 37.7 Å². The molecule has 0 aromatic carbocycles. The molecule has 0 saturated carbocycles. The molecule has 114 heavy (non-hydrogen) atoms. The first kappa shape index (κ1) is 101. The molecule has 672 valence electrons. The van der Waals surface area contributed by atoms with Crippen molar-refractivity contribution in [3.05, 3.63) is 0 Å². The van der Waals surface area contributed by atoms with Gasteiger partial charge in [0.1, 0.15) is 153 Å². The van der Waals surface area contributed by atoms with Crippen LogP contribution in [0.3, 0.4) is 0 Å². The van der Waals surface area contributed by atoms with E-state index < -0.39 is 255 Å². The Kier molecular flexibility index (Phi) is 48.4. The van der Waals surface area contributed by atoms with Gasteiger partial charge in [0, 0.05) is 0 Å². The number of aliphatic hydroxyl groups is 21. The summed E-state index contributed by atoms with van der Waals surface area (Å²) in [6, 6.07) is -1.43. The highest BCUT2D eigenvalue weighted by Crippen LogP contribution is 2.40. The number of ether oxygens (including phenoxy) is 12. The maximum Gasteiger partial charge on any atom is 0.249 e. The molecule has 6 fully saturated rings. The Bertz CT molecular complexity index is 2480. The fourth-order valence-electron chi connectivity index (χ4n) is 15.6. The Balaban J connectivity index is 1.08. The predicted octanol–water partition coefficient (Wildman–Crippen LogP) is -0.930. The minimum Gasteiger partial charge on any atom is -0.394 e. The Hall–Kier alpha value is -1.85. The number of hydrogen-bond acceptors (Lipinski definition) is 34. The zero-order valence-corrected chi connectivity index (χ0v) is 67.3. The second-order valence-corrected chi connectivity index (χ2v) is 32.7. The van der Waals surface area contributed by atoms with Crippen LogP contribution < -0.4 is 5.32 Å². The van der Waals surface area contributed by atoms with E-state index in [2.05, 4.69) is 26.1 Å². The van der Waals surface area contributed by atoms with Gasteiger partial charge in [-0.05, 0) is 18.8 Å². The Morgan fingerprint density at radius 2 is 0.781 bits per heavy atom. The van der Waals surface area contributed by atoms with Crippen LogP contribution in [0.2, 0.25) is 0 Å². The van der Waals surface area contributed by atoms with Gasteiger partial charge in [-0.1, -0.05) is 226 Å². The molecule has 35 nitrogen and oxygen atoms in total. The van der Waals surface area contributed by atoms with E-state index in [1.165, 1.54) is 128 Å². The summed E-state index contributed by atoms with van der Waals surface area (Å²) in [7, 11) is 0.